The molecule has 3 amide bonds. The van der Waals surface area contributed by atoms with Gasteiger partial charge in [0.05, 0.1) is 12.8 Å². The van der Waals surface area contributed by atoms with Gasteiger partial charge in [0.1, 0.15) is 12.3 Å². The van der Waals surface area contributed by atoms with Gasteiger partial charge in [0.25, 0.3) is 11.8 Å². The van der Waals surface area contributed by atoms with E-state index in [1.807, 2.05) is 6.07 Å². The summed E-state index contributed by atoms with van der Waals surface area (Å²) in [5.41, 5.74) is 0.975. The molecule has 2 heterocycles. The van der Waals surface area contributed by atoms with E-state index in [-0.39, 0.29) is 12.5 Å². The first kappa shape index (κ1) is 17.7. The first-order valence-corrected chi connectivity index (χ1v) is 8.63. The Bertz CT molecular complexity index is 962. The normalized spacial score (nSPS) is 20.5. The number of rotatable bonds is 5. The van der Waals surface area contributed by atoms with Gasteiger partial charge in [-0.1, -0.05) is 35.6 Å². The van der Waals surface area contributed by atoms with Crippen LogP contribution in [0.1, 0.15) is 0 Å². The standard InChI is InChI=1S/C19H17N5O4/c1-28-14-10-6-5-9-13(14)24-18(26)16-17(19(24)27)23(22-21-16)11-15(25)20-12-7-3-2-4-8-12/h2-10,16-17H,11H2,1H3,(H,20,25)/t16-,17-/m1/s1. The molecule has 2 aromatic rings. The third-order valence-corrected chi connectivity index (χ3v) is 4.55. The van der Waals surface area contributed by atoms with Gasteiger partial charge in [-0.05, 0) is 24.3 Å². The minimum atomic E-state index is -0.970. The van der Waals surface area contributed by atoms with Gasteiger partial charge in [-0.25, -0.2) is 4.90 Å². The Kier molecular flexibility index (Phi) is 4.48. The number of para-hydroxylation sites is 3. The average molecular weight is 379 g/mol. The third kappa shape index (κ3) is 2.96. The van der Waals surface area contributed by atoms with Crippen molar-refractivity contribution in [2.75, 3.05) is 23.9 Å². The lowest BCUT2D eigenvalue weighted by Gasteiger charge is -2.21. The van der Waals surface area contributed by atoms with Crippen LogP contribution in [0.15, 0.2) is 64.9 Å². The van der Waals surface area contributed by atoms with Crippen molar-refractivity contribution in [2.45, 2.75) is 12.1 Å². The van der Waals surface area contributed by atoms with Gasteiger partial charge in [0.2, 0.25) is 5.91 Å². The summed E-state index contributed by atoms with van der Waals surface area (Å²) in [6.07, 6.45) is 0. The first-order valence-electron chi connectivity index (χ1n) is 8.63. The van der Waals surface area contributed by atoms with Gasteiger partial charge in [-0.3, -0.25) is 19.4 Å². The molecule has 2 aliphatic heterocycles. The number of imide groups is 1. The quantitative estimate of drug-likeness (QED) is 0.795. The molecule has 2 atom stereocenters. The van der Waals surface area contributed by atoms with E-state index in [0.29, 0.717) is 17.1 Å². The number of fused-ring (bicyclic) bond motifs is 1. The molecule has 142 valence electrons. The van der Waals surface area contributed by atoms with E-state index < -0.39 is 23.9 Å². The smallest absolute Gasteiger partial charge is 0.263 e. The lowest BCUT2D eigenvalue weighted by molar-refractivity contribution is -0.123. The van der Waals surface area contributed by atoms with Crippen LogP contribution in [0.5, 0.6) is 5.75 Å². The minimum absolute atomic E-state index is 0.196. The Labute approximate surface area is 160 Å². The zero-order valence-electron chi connectivity index (χ0n) is 15.0. The topological polar surface area (TPSA) is 104 Å². The number of amides is 3. The van der Waals surface area contributed by atoms with E-state index in [1.54, 1.807) is 48.5 Å². The van der Waals surface area contributed by atoms with Crippen LogP contribution in [0.25, 0.3) is 0 Å². The van der Waals surface area contributed by atoms with Crippen LogP contribution in [0.3, 0.4) is 0 Å². The van der Waals surface area contributed by atoms with Crippen molar-refractivity contribution in [3.8, 4) is 5.75 Å². The second kappa shape index (κ2) is 7.10. The molecule has 1 saturated heterocycles. The van der Waals surface area contributed by atoms with Crippen molar-refractivity contribution in [2.24, 2.45) is 10.3 Å². The Balaban J connectivity index is 1.52. The molecule has 0 bridgehead atoms. The molecule has 0 saturated carbocycles. The highest BCUT2D eigenvalue weighted by atomic mass is 16.5. The van der Waals surface area contributed by atoms with Gasteiger partial charge in [0.15, 0.2) is 12.1 Å². The lowest BCUT2D eigenvalue weighted by Crippen LogP contribution is -2.43. The molecular formula is C19H17N5O4. The molecule has 0 radical (unpaired) electrons. The predicted octanol–water partition coefficient (Wildman–Crippen LogP) is 1.63. The number of anilines is 2. The SMILES string of the molecule is COc1ccccc1N1C(=O)[C@@H]2N=NN(CC(=O)Nc3ccccc3)[C@H]2C1=O. The van der Waals surface area contributed by atoms with E-state index in [1.165, 1.54) is 12.1 Å². The maximum atomic E-state index is 13.0. The zero-order valence-corrected chi connectivity index (χ0v) is 15.0. The number of carbonyl (C=O) groups excluding carboxylic acids is 3. The summed E-state index contributed by atoms with van der Waals surface area (Å²) in [5, 5.41) is 11.8. The predicted molar refractivity (Wildman–Crippen MR) is 99.7 cm³/mol. The maximum absolute atomic E-state index is 13.0. The van der Waals surface area contributed by atoms with Crippen LogP contribution < -0.4 is 15.0 Å². The van der Waals surface area contributed by atoms with Crippen LogP contribution in [0, 0.1) is 0 Å². The van der Waals surface area contributed by atoms with Gasteiger partial charge >= 0.3 is 0 Å². The van der Waals surface area contributed by atoms with E-state index >= 15 is 0 Å². The summed E-state index contributed by atoms with van der Waals surface area (Å²) in [6, 6.07) is 13.8. The van der Waals surface area contributed by atoms with Gasteiger partial charge in [-0.2, -0.15) is 5.11 Å². The van der Waals surface area contributed by atoms with Crippen molar-refractivity contribution in [1.82, 2.24) is 5.01 Å². The third-order valence-electron chi connectivity index (χ3n) is 4.55. The molecule has 0 aromatic heterocycles. The number of nitrogens with zero attached hydrogens (tertiary/aromatic N) is 4. The average Bonchev–Trinajstić information content (AvgIpc) is 3.22. The molecule has 2 aromatic carbocycles. The molecular weight excluding hydrogens is 362 g/mol. The molecule has 0 unspecified atom stereocenters. The van der Waals surface area contributed by atoms with Gasteiger partial charge < -0.3 is 10.1 Å². The highest BCUT2D eigenvalue weighted by Gasteiger charge is 2.55. The molecule has 9 nitrogen and oxygen atoms in total. The second-order valence-electron chi connectivity index (χ2n) is 6.29. The van der Waals surface area contributed by atoms with Crippen LogP contribution in [0.2, 0.25) is 0 Å². The highest BCUT2D eigenvalue weighted by Crippen LogP contribution is 2.36. The summed E-state index contributed by atoms with van der Waals surface area (Å²) in [4.78, 5) is 39.1. The number of methoxy groups -OCH3 is 1. The van der Waals surface area contributed by atoms with E-state index in [2.05, 4.69) is 15.7 Å². The highest BCUT2D eigenvalue weighted by molar-refractivity contribution is 6.26. The molecule has 2 aliphatic rings. The van der Waals surface area contributed by atoms with Crippen LogP contribution in [-0.2, 0) is 14.4 Å². The first-order chi connectivity index (χ1) is 13.6. The lowest BCUT2D eigenvalue weighted by atomic mass is 10.1. The fourth-order valence-corrected chi connectivity index (χ4v) is 3.27. The number of hydrogen-bond donors (Lipinski definition) is 1. The van der Waals surface area contributed by atoms with Crippen LogP contribution >= 0.6 is 0 Å². The molecule has 4 rings (SSSR count). The van der Waals surface area contributed by atoms with Gasteiger partial charge in [0, 0.05) is 5.69 Å². The Hall–Kier alpha value is -3.75. The minimum Gasteiger partial charge on any atom is -0.495 e. The number of nitrogens with one attached hydrogen (secondary N) is 1. The zero-order chi connectivity index (χ0) is 19.7. The summed E-state index contributed by atoms with van der Waals surface area (Å²) >= 11 is 0. The number of ether oxygens (including phenoxy) is 1. The fourth-order valence-electron chi connectivity index (χ4n) is 3.27. The molecule has 1 fully saturated rings. The van der Waals surface area contributed by atoms with Crippen molar-refractivity contribution in [3.63, 3.8) is 0 Å². The van der Waals surface area contributed by atoms with Crippen LogP contribution in [-0.4, -0.2) is 48.5 Å². The second-order valence-corrected chi connectivity index (χ2v) is 6.29. The maximum Gasteiger partial charge on any atom is 0.263 e. The Morgan fingerprint density at radius 2 is 1.79 bits per heavy atom. The van der Waals surface area contributed by atoms with Crippen molar-refractivity contribution >= 4 is 29.1 Å². The largest absolute Gasteiger partial charge is 0.495 e. The monoisotopic (exact) mass is 379 g/mol. The summed E-state index contributed by atoms with van der Waals surface area (Å²) < 4.78 is 5.26. The van der Waals surface area contributed by atoms with E-state index in [4.69, 9.17) is 4.74 Å². The van der Waals surface area contributed by atoms with E-state index in [0.717, 1.165) is 4.90 Å². The fraction of sp³-hybridized carbons (Fsp3) is 0.211. The van der Waals surface area contributed by atoms with Crippen LogP contribution in [0.4, 0.5) is 11.4 Å². The van der Waals surface area contributed by atoms with Crippen molar-refractivity contribution < 1.29 is 19.1 Å². The summed E-state index contributed by atoms with van der Waals surface area (Å²) in [7, 11) is 1.46. The summed E-state index contributed by atoms with van der Waals surface area (Å²) in [6.45, 7) is -0.196. The molecule has 0 spiro atoms. The number of carbonyl (C=O) groups is 3. The molecule has 28 heavy (non-hydrogen) atoms. The number of hydrogen-bond acceptors (Lipinski definition) is 7. The van der Waals surface area contributed by atoms with E-state index in [9.17, 15) is 14.4 Å². The Morgan fingerprint density at radius 3 is 2.54 bits per heavy atom. The van der Waals surface area contributed by atoms with Crippen molar-refractivity contribution in [1.29, 1.82) is 0 Å². The summed E-state index contributed by atoms with van der Waals surface area (Å²) in [5.74, 6) is -0.942. The number of benzene rings is 2. The van der Waals surface area contributed by atoms with Gasteiger partial charge in [-0.15, -0.1) is 0 Å². The Morgan fingerprint density at radius 1 is 1.07 bits per heavy atom. The molecule has 1 N–H and O–H groups in total. The molecule has 9 heteroatoms. The van der Waals surface area contributed by atoms with Crippen molar-refractivity contribution in [3.05, 3.63) is 54.6 Å². The molecule has 0 aliphatic carbocycles.